The van der Waals surface area contributed by atoms with E-state index < -0.39 is 11.7 Å². The molecule has 122 valence electrons. The normalized spacial score (nSPS) is 16.6. The second kappa shape index (κ2) is 7.00. The molecule has 1 heterocycles. The number of carbonyl (C=O) groups is 1. The highest BCUT2D eigenvalue weighted by atomic mass is 19.4. The largest absolute Gasteiger partial charge is 0.416 e. The summed E-state index contributed by atoms with van der Waals surface area (Å²) in [4.78, 5) is 15.5. The molecule has 0 radical (unpaired) electrons. The molecule has 0 unspecified atom stereocenters. The summed E-state index contributed by atoms with van der Waals surface area (Å²) in [5.41, 5.74) is -0.0535. The van der Waals surface area contributed by atoms with Gasteiger partial charge in [0.25, 0.3) is 0 Å². The van der Waals surface area contributed by atoms with Gasteiger partial charge in [-0.15, -0.1) is 0 Å². The summed E-state index contributed by atoms with van der Waals surface area (Å²) < 4.78 is 38.2. The number of halogens is 3. The van der Waals surface area contributed by atoms with Gasteiger partial charge in [0.2, 0.25) is 5.91 Å². The minimum Gasteiger partial charge on any atom is -0.369 e. The van der Waals surface area contributed by atoms with Crippen molar-refractivity contribution in [3.05, 3.63) is 29.8 Å². The van der Waals surface area contributed by atoms with Gasteiger partial charge in [0.1, 0.15) is 0 Å². The summed E-state index contributed by atoms with van der Waals surface area (Å²) in [6, 6.07) is 5.38. The first-order valence-electron chi connectivity index (χ1n) is 7.31. The van der Waals surface area contributed by atoms with Gasteiger partial charge >= 0.3 is 6.18 Å². The van der Waals surface area contributed by atoms with Crippen LogP contribution in [0.3, 0.4) is 0 Å². The number of piperazine rings is 1. The van der Waals surface area contributed by atoms with Gasteiger partial charge in [0, 0.05) is 38.4 Å². The monoisotopic (exact) mass is 315 g/mol. The summed E-state index contributed by atoms with van der Waals surface area (Å²) >= 11 is 0. The number of carbonyl (C=O) groups excluding carboxylic acids is 1. The summed E-state index contributed by atoms with van der Waals surface area (Å²) in [6.07, 6.45) is -4.32. The van der Waals surface area contributed by atoms with E-state index in [4.69, 9.17) is 0 Å². The van der Waals surface area contributed by atoms with E-state index in [1.165, 1.54) is 12.1 Å². The van der Waals surface area contributed by atoms with Crippen molar-refractivity contribution in [1.29, 1.82) is 0 Å². The number of nitrogens with zero attached hydrogens (tertiary/aromatic N) is 2. The van der Waals surface area contributed by atoms with Crippen molar-refractivity contribution in [3.8, 4) is 0 Å². The van der Waals surface area contributed by atoms with Crippen LogP contribution in [0.25, 0.3) is 0 Å². The average Bonchev–Trinajstić information content (AvgIpc) is 2.47. The summed E-state index contributed by atoms with van der Waals surface area (Å²) in [6.45, 7) is 5.35. The van der Waals surface area contributed by atoms with Gasteiger partial charge in [-0.2, -0.15) is 13.2 Å². The Balaban J connectivity index is 1.93. The van der Waals surface area contributed by atoms with E-state index in [2.05, 4.69) is 5.32 Å². The van der Waals surface area contributed by atoms with Crippen molar-refractivity contribution in [2.75, 3.05) is 44.2 Å². The number of benzene rings is 1. The highest BCUT2D eigenvalue weighted by Crippen LogP contribution is 2.31. The maximum absolute atomic E-state index is 12.7. The van der Waals surface area contributed by atoms with E-state index in [0.29, 0.717) is 45.0 Å². The van der Waals surface area contributed by atoms with Crippen LogP contribution < -0.4 is 10.2 Å². The van der Waals surface area contributed by atoms with Crippen LogP contribution in [0.2, 0.25) is 0 Å². The number of likely N-dealkylation sites (N-methyl/N-ethyl adjacent to an activating group) is 1. The van der Waals surface area contributed by atoms with Crippen molar-refractivity contribution in [2.45, 2.75) is 13.1 Å². The van der Waals surface area contributed by atoms with Crippen LogP contribution >= 0.6 is 0 Å². The standard InChI is InChI=1S/C15H20F3N3O/c1-2-19-14(22)11-20-6-8-21(9-7-20)13-5-3-4-12(10-13)15(16,17)18/h3-5,10H,2,6-9,11H2,1H3,(H,19,22). The number of hydrogen-bond acceptors (Lipinski definition) is 3. The van der Waals surface area contributed by atoms with Gasteiger partial charge in [-0.25, -0.2) is 0 Å². The van der Waals surface area contributed by atoms with E-state index in [-0.39, 0.29) is 5.91 Å². The molecule has 0 bridgehead atoms. The van der Waals surface area contributed by atoms with Gasteiger partial charge in [-0.1, -0.05) is 6.07 Å². The quantitative estimate of drug-likeness (QED) is 0.923. The second-order valence-corrected chi connectivity index (χ2v) is 5.26. The molecule has 1 fully saturated rings. The molecule has 1 N–H and O–H groups in total. The van der Waals surface area contributed by atoms with Crippen molar-refractivity contribution >= 4 is 11.6 Å². The van der Waals surface area contributed by atoms with Gasteiger partial charge in [-0.05, 0) is 25.1 Å². The Labute approximate surface area is 127 Å². The molecule has 1 aliphatic rings. The Kier molecular flexibility index (Phi) is 5.28. The van der Waals surface area contributed by atoms with Crippen LogP contribution in [-0.4, -0.2) is 50.1 Å². The van der Waals surface area contributed by atoms with E-state index in [1.54, 1.807) is 6.07 Å². The fraction of sp³-hybridized carbons (Fsp3) is 0.533. The van der Waals surface area contributed by atoms with Crippen LogP contribution in [-0.2, 0) is 11.0 Å². The fourth-order valence-corrected chi connectivity index (χ4v) is 2.50. The highest BCUT2D eigenvalue weighted by Gasteiger charge is 2.31. The van der Waals surface area contributed by atoms with Crippen molar-refractivity contribution in [2.24, 2.45) is 0 Å². The van der Waals surface area contributed by atoms with Crippen LogP contribution in [0.1, 0.15) is 12.5 Å². The third-order valence-electron chi connectivity index (χ3n) is 3.65. The molecular weight excluding hydrogens is 295 g/mol. The molecule has 1 aromatic rings. The number of rotatable bonds is 4. The smallest absolute Gasteiger partial charge is 0.369 e. The summed E-state index contributed by atoms with van der Waals surface area (Å²) in [5.74, 6) is -0.0185. The molecule has 0 saturated carbocycles. The van der Waals surface area contributed by atoms with Crippen LogP contribution in [0.15, 0.2) is 24.3 Å². The number of anilines is 1. The van der Waals surface area contributed by atoms with Crippen molar-refractivity contribution < 1.29 is 18.0 Å². The maximum atomic E-state index is 12.7. The SMILES string of the molecule is CCNC(=O)CN1CCN(c2cccc(C(F)(F)F)c2)CC1. The van der Waals surface area contributed by atoms with E-state index >= 15 is 0 Å². The zero-order valence-electron chi connectivity index (χ0n) is 12.5. The van der Waals surface area contributed by atoms with Gasteiger partial charge in [0.15, 0.2) is 0 Å². The minimum atomic E-state index is -4.32. The predicted molar refractivity (Wildman–Crippen MR) is 78.8 cm³/mol. The lowest BCUT2D eigenvalue weighted by Gasteiger charge is -2.35. The summed E-state index contributed by atoms with van der Waals surface area (Å²) in [5, 5.41) is 2.74. The Morgan fingerprint density at radius 1 is 1.23 bits per heavy atom. The third-order valence-corrected chi connectivity index (χ3v) is 3.65. The molecule has 1 amide bonds. The molecular formula is C15H20F3N3O. The molecule has 1 aromatic carbocycles. The zero-order valence-corrected chi connectivity index (χ0v) is 12.5. The van der Waals surface area contributed by atoms with E-state index in [9.17, 15) is 18.0 Å². The number of amides is 1. The van der Waals surface area contributed by atoms with Crippen LogP contribution in [0.4, 0.5) is 18.9 Å². The first-order valence-corrected chi connectivity index (χ1v) is 7.31. The molecule has 0 aromatic heterocycles. The fourth-order valence-electron chi connectivity index (χ4n) is 2.50. The Morgan fingerprint density at radius 3 is 2.50 bits per heavy atom. The Hall–Kier alpha value is -1.76. The van der Waals surface area contributed by atoms with Gasteiger partial charge in [-0.3, -0.25) is 9.69 Å². The third kappa shape index (κ3) is 4.37. The molecule has 0 aliphatic carbocycles. The molecule has 0 atom stereocenters. The Bertz CT molecular complexity index is 511. The number of alkyl halides is 3. The van der Waals surface area contributed by atoms with Crippen molar-refractivity contribution in [3.63, 3.8) is 0 Å². The topological polar surface area (TPSA) is 35.6 Å². The lowest BCUT2D eigenvalue weighted by Crippen LogP contribution is -2.49. The van der Waals surface area contributed by atoms with E-state index in [1.807, 2.05) is 16.7 Å². The molecule has 7 heteroatoms. The molecule has 22 heavy (non-hydrogen) atoms. The van der Waals surface area contributed by atoms with Crippen LogP contribution in [0.5, 0.6) is 0 Å². The maximum Gasteiger partial charge on any atom is 0.416 e. The zero-order chi connectivity index (χ0) is 16.2. The first kappa shape index (κ1) is 16.6. The number of nitrogens with one attached hydrogen (secondary N) is 1. The Morgan fingerprint density at radius 2 is 1.91 bits per heavy atom. The molecule has 1 saturated heterocycles. The lowest BCUT2D eigenvalue weighted by atomic mass is 10.1. The van der Waals surface area contributed by atoms with E-state index in [0.717, 1.165) is 6.07 Å². The molecule has 2 rings (SSSR count). The highest BCUT2D eigenvalue weighted by molar-refractivity contribution is 5.77. The molecule has 1 aliphatic heterocycles. The van der Waals surface area contributed by atoms with Crippen molar-refractivity contribution in [1.82, 2.24) is 10.2 Å². The molecule has 4 nitrogen and oxygen atoms in total. The lowest BCUT2D eigenvalue weighted by molar-refractivity contribution is -0.137. The number of hydrogen-bond donors (Lipinski definition) is 1. The second-order valence-electron chi connectivity index (χ2n) is 5.26. The average molecular weight is 315 g/mol. The summed E-state index contributed by atoms with van der Waals surface area (Å²) in [7, 11) is 0. The van der Waals surface area contributed by atoms with Crippen LogP contribution in [0, 0.1) is 0 Å². The molecule has 0 spiro atoms. The predicted octanol–water partition coefficient (Wildman–Crippen LogP) is 1.96. The van der Waals surface area contributed by atoms with Gasteiger partial charge < -0.3 is 10.2 Å². The van der Waals surface area contributed by atoms with Gasteiger partial charge in [0.05, 0.1) is 12.1 Å². The minimum absolute atomic E-state index is 0.0185. The first-order chi connectivity index (χ1) is 10.4.